The van der Waals surface area contributed by atoms with Gasteiger partial charge in [0.15, 0.2) is 0 Å². The Morgan fingerprint density at radius 2 is 1.36 bits per heavy atom. The molecule has 0 radical (unpaired) electrons. The van der Waals surface area contributed by atoms with Crippen molar-refractivity contribution in [1.82, 2.24) is 0 Å². The molecule has 0 amide bonds. The summed E-state index contributed by atoms with van der Waals surface area (Å²) >= 11 is 0. The molecule has 2 nitrogen and oxygen atoms in total. The minimum atomic E-state index is 0.122. The van der Waals surface area contributed by atoms with Crippen molar-refractivity contribution >= 4 is 5.97 Å². The summed E-state index contributed by atoms with van der Waals surface area (Å²) in [5.41, 5.74) is 1.47. The maximum Gasteiger partial charge on any atom is 0.309 e. The van der Waals surface area contributed by atoms with E-state index in [1.54, 1.807) is 0 Å². The molecule has 0 heterocycles. The van der Waals surface area contributed by atoms with Crippen molar-refractivity contribution in [2.75, 3.05) is 0 Å². The van der Waals surface area contributed by atoms with Gasteiger partial charge in [-0.3, -0.25) is 4.79 Å². The molecule has 0 aliphatic heterocycles. The third-order valence-corrected chi connectivity index (χ3v) is 8.12. The fourth-order valence-electron chi connectivity index (χ4n) is 5.85. The maximum absolute atomic E-state index is 12.6. The first kappa shape index (κ1) is 21.9. The van der Waals surface area contributed by atoms with Gasteiger partial charge in [0.2, 0.25) is 0 Å². The third-order valence-electron chi connectivity index (χ3n) is 8.12. The highest BCUT2D eigenvalue weighted by atomic mass is 16.5. The number of esters is 1. The van der Waals surface area contributed by atoms with Gasteiger partial charge in [-0.15, -0.1) is 0 Å². The van der Waals surface area contributed by atoms with E-state index in [0.717, 1.165) is 43.4 Å². The van der Waals surface area contributed by atoms with E-state index < -0.39 is 0 Å². The Morgan fingerprint density at radius 3 is 1.93 bits per heavy atom. The number of hydrogen-bond donors (Lipinski definition) is 0. The average Bonchev–Trinajstić information content (AvgIpc) is 2.73. The summed E-state index contributed by atoms with van der Waals surface area (Å²) in [6.07, 6.45) is 21.7. The molecule has 0 N–H and O–H groups in total. The molecule has 0 unspecified atom stereocenters. The van der Waals surface area contributed by atoms with Crippen LogP contribution in [0, 0.1) is 23.7 Å². The zero-order chi connectivity index (χ0) is 19.8. The molecule has 0 aromatic heterocycles. The van der Waals surface area contributed by atoms with Gasteiger partial charge in [-0.25, -0.2) is 0 Å². The van der Waals surface area contributed by atoms with Crippen LogP contribution in [0.5, 0.6) is 0 Å². The van der Waals surface area contributed by atoms with Gasteiger partial charge >= 0.3 is 5.97 Å². The van der Waals surface area contributed by atoms with Crippen LogP contribution >= 0.6 is 0 Å². The Morgan fingerprint density at radius 1 is 0.821 bits per heavy atom. The van der Waals surface area contributed by atoms with Crippen molar-refractivity contribution in [3.8, 4) is 0 Å². The molecular weight excluding hydrogens is 344 g/mol. The highest BCUT2D eigenvalue weighted by Gasteiger charge is 2.30. The van der Waals surface area contributed by atoms with Crippen LogP contribution in [0.2, 0.25) is 0 Å². The molecule has 0 aromatic carbocycles. The van der Waals surface area contributed by atoms with Gasteiger partial charge in [0.1, 0.15) is 6.10 Å². The van der Waals surface area contributed by atoms with Crippen LogP contribution in [0.3, 0.4) is 0 Å². The first-order valence-electron chi connectivity index (χ1n) is 12.5. The summed E-state index contributed by atoms with van der Waals surface area (Å²) in [5.74, 6) is 2.99. The molecule has 3 aliphatic carbocycles. The van der Waals surface area contributed by atoms with Crippen LogP contribution in [0.4, 0.5) is 0 Å². The Kier molecular flexibility index (Phi) is 8.93. The molecule has 28 heavy (non-hydrogen) atoms. The van der Waals surface area contributed by atoms with Crippen LogP contribution in [0.15, 0.2) is 12.2 Å². The van der Waals surface area contributed by atoms with Crippen LogP contribution in [-0.4, -0.2) is 12.1 Å². The first-order chi connectivity index (χ1) is 13.6. The minimum Gasteiger partial charge on any atom is -0.462 e. The van der Waals surface area contributed by atoms with Crippen molar-refractivity contribution in [2.45, 2.75) is 122 Å². The quantitative estimate of drug-likeness (QED) is 0.243. The zero-order valence-corrected chi connectivity index (χ0v) is 18.4. The van der Waals surface area contributed by atoms with Crippen molar-refractivity contribution in [2.24, 2.45) is 23.7 Å². The molecule has 0 aromatic rings. The second-order valence-corrected chi connectivity index (χ2v) is 10.2. The molecule has 0 spiro atoms. The van der Waals surface area contributed by atoms with Gasteiger partial charge < -0.3 is 4.74 Å². The molecule has 0 atom stereocenters. The lowest BCUT2D eigenvalue weighted by Gasteiger charge is -2.31. The summed E-state index contributed by atoms with van der Waals surface area (Å²) < 4.78 is 5.89. The lowest BCUT2D eigenvalue weighted by molar-refractivity contribution is -0.157. The van der Waals surface area contributed by atoms with E-state index in [2.05, 4.69) is 13.5 Å². The van der Waals surface area contributed by atoms with Gasteiger partial charge in [-0.05, 0) is 94.8 Å². The molecule has 2 heteroatoms. The monoisotopic (exact) mass is 388 g/mol. The number of ether oxygens (including phenoxy) is 1. The number of rotatable bonds is 8. The van der Waals surface area contributed by atoms with E-state index in [0.29, 0.717) is 0 Å². The molecule has 0 saturated heterocycles. The topological polar surface area (TPSA) is 26.3 Å². The third kappa shape index (κ3) is 6.92. The van der Waals surface area contributed by atoms with Gasteiger partial charge in [-0.2, -0.15) is 0 Å². The van der Waals surface area contributed by atoms with Crippen molar-refractivity contribution in [1.29, 1.82) is 0 Å². The van der Waals surface area contributed by atoms with Crippen LogP contribution in [0.25, 0.3) is 0 Å². The predicted molar refractivity (Wildman–Crippen MR) is 117 cm³/mol. The van der Waals surface area contributed by atoms with Gasteiger partial charge in [-0.1, -0.05) is 51.2 Å². The van der Waals surface area contributed by atoms with Gasteiger partial charge in [0, 0.05) is 0 Å². The van der Waals surface area contributed by atoms with Gasteiger partial charge in [0.25, 0.3) is 0 Å². The summed E-state index contributed by atoms with van der Waals surface area (Å²) in [5, 5.41) is 0. The predicted octanol–water partition coefficient (Wildman–Crippen LogP) is 7.61. The van der Waals surface area contributed by atoms with Crippen molar-refractivity contribution in [3.63, 3.8) is 0 Å². The van der Waals surface area contributed by atoms with Crippen LogP contribution in [-0.2, 0) is 9.53 Å². The summed E-state index contributed by atoms with van der Waals surface area (Å²) in [4.78, 5) is 12.6. The second-order valence-electron chi connectivity index (χ2n) is 10.2. The minimum absolute atomic E-state index is 0.122. The fraction of sp³-hybridized carbons (Fsp3) is 0.885. The van der Waals surface area contributed by atoms with E-state index in [4.69, 9.17) is 4.74 Å². The number of carbonyl (C=O) groups excluding carboxylic acids is 1. The SMILES string of the molecule is C=C1CCC(CCCCC2CCC(C(=O)OC3CCC(CC)CC3)CC2)CC1. The van der Waals surface area contributed by atoms with E-state index in [1.165, 1.54) is 89.0 Å². The zero-order valence-electron chi connectivity index (χ0n) is 18.4. The molecule has 0 bridgehead atoms. The Balaban J connectivity index is 1.24. The standard InChI is InChI=1S/C26H44O2/c1-3-21-14-18-25(19-15-21)28-26(27)24-16-12-23(13-17-24)7-5-4-6-22-10-8-20(2)9-11-22/h21-25H,2-19H2,1H3. The molecule has 3 saturated carbocycles. The average molecular weight is 389 g/mol. The second kappa shape index (κ2) is 11.4. The highest BCUT2D eigenvalue weighted by molar-refractivity contribution is 5.72. The molecule has 3 rings (SSSR count). The Labute approximate surface area is 173 Å². The number of hydrogen-bond acceptors (Lipinski definition) is 2. The first-order valence-corrected chi connectivity index (χ1v) is 12.5. The Hall–Kier alpha value is -0.790. The van der Waals surface area contributed by atoms with Crippen molar-refractivity contribution < 1.29 is 9.53 Å². The Bertz CT molecular complexity index is 471. The molecule has 3 aliphatic rings. The lowest BCUT2D eigenvalue weighted by atomic mass is 9.79. The van der Waals surface area contributed by atoms with Crippen LogP contribution < -0.4 is 0 Å². The normalized spacial score (nSPS) is 32.2. The van der Waals surface area contributed by atoms with E-state index in [-0.39, 0.29) is 18.0 Å². The number of unbranched alkanes of at least 4 members (excludes halogenated alkanes) is 1. The number of allylic oxidation sites excluding steroid dienone is 1. The smallest absolute Gasteiger partial charge is 0.309 e. The lowest BCUT2D eigenvalue weighted by Crippen LogP contribution is -2.30. The molecular formula is C26H44O2. The summed E-state index contributed by atoms with van der Waals surface area (Å²) in [7, 11) is 0. The summed E-state index contributed by atoms with van der Waals surface area (Å²) in [6.45, 7) is 6.41. The van der Waals surface area contributed by atoms with E-state index in [1.807, 2.05) is 0 Å². The highest BCUT2D eigenvalue weighted by Crippen LogP contribution is 2.35. The fourth-order valence-corrected chi connectivity index (χ4v) is 5.85. The summed E-state index contributed by atoms with van der Waals surface area (Å²) in [6, 6.07) is 0. The van der Waals surface area contributed by atoms with Gasteiger partial charge in [0.05, 0.1) is 5.92 Å². The maximum atomic E-state index is 12.6. The van der Waals surface area contributed by atoms with E-state index >= 15 is 0 Å². The van der Waals surface area contributed by atoms with Crippen LogP contribution in [0.1, 0.15) is 116 Å². The van der Waals surface area contributed by atoms with Crippen molar-refractivity contribution in [3.05, 3.63) is 12.2 Å². The molecule has 3 fully saturated rings. The largest absolute Gasteiger partial charge is 0.462 e. The number of carbonyl (C=O) groups is 1. The van der Waals surface area contributed by atoms with E-state index in [9.17, 15) is 4.79 Å². The molecule has 160 valence electrons.